The van der Waals surface area contributed by atoms with E-state index in [1.807, 2.05) is 0 Å². The summed E-state index contributed by atoms with van der Waals surface area (Å²) in [6.07, 6.45) is 0. The number of sulfonamides is 1. The molecule has 0 atom stereocenters. The predicted octanol–water partition coefficient (Wildman–Crippen LogP) is 0.384. The Balaban J connectivity index is 2.98. The van der Waals surface area contributed by atoms with Gasteiger partial charge >= 0.3 is 0 Å². The number of amides is 2. The highest BCUT2D eigenvalue weighted by Crippen LogP contribution is 2.27. The van der Waals surface area contributed by atoms with E-state index in [9.17, 15) is 18.0 Å². The first-order chi connectivity index (χ1) is 11.3. The van der Waals surface area contributed by atoms with Crippen molar-refractivity contribution in [2.45, 2.75) is 18.7 Å². The van der Waals surface area contributed by atoms with E-state index >= 15 is 0 Å². The van der Waals surface area contributed by atoms with Gasteiger partial charge in [-0.3, -0.25) is 9.59 Å². The molecule has 0 radical (unpaired) electrons. The van der Waals surface area contributed by atoms with Gasteiger partial charge in [0.05, 0.1) is 18.1 Å². The molecule has 0 fully saturated rings. The fourth-order valence-electron chi connectivity index (χ4n) is 1.94. The lowest BCUT2D eigenvalue weighted by atomic mass is 10.3. The minimum absolute atomic E-state index is 0.0660. The second kappa shape index (κ2) is 8.97. The van der Waals surface area contributed by atoms with Gasteiger partial charge in [-0.2, -0.15) is 4.31 Å². The van der Waals surface area contributed by atoms with Crippen molar-refractivity contribution in [1.82, 2.24) is 9.62 Å². The van der Waals surface area contributed by atoms with Crippen LogP contribution in [0.5, 0.6) is 0 Å². The van der Waals surface area contributed by atoms with Gasteiger partial charge in [0.15, 0.2) is 0 Å². The first-order valence-electron chi connectivity index (χ1n) is 7.32. The van der Waals surface area contributed by atoms with Gasteiger partial charge in [-0.05, 0) is 18.2 Å². The van der Waals surface area contributed by atoms with Crippen LogP contribution in [0, 0.1) is 0 Å². The van der Waals surface area contributed by atoms with Crippen molar-refractivity contribution >= 4 is 39.1 Å². The summed E-state index contributed by atoms with van der Waals surface area (Å²) in [5.41, 5.74) is 5.38. The van der Waals surface area contributed by atoms with Gasteiger partial charge in [-0.1, -0.05) is 25.4 Å². The molecule has 8 nitrogen and oxygen atoms in total. The van der Waals surface area contributed by atoms with Crippen LogP contribution in [0.25, 0.3) is 0 Å². The third-order valence-electron chi connectivity index (χ3n) is 3.17. The number of rotatable bonds is 8. The van der Waals surface area contributed by atoms with Gasteiger partial charge in [-0.25, -0.2) is 8.42 Å². The van der Waals surface area contributed by atoms with Gasteiger partial charge in [-0.15, -0.1) is 0 Å². The molecule has 1 rings (SSSR count). The van der Waals surface area contributed by atoms with E-state index in [2.05, 4.69) is 10.6 Å². The number of benzene rings is 1. The maximum atomic E-state index is 12.6. The van der Waals surface area contributed by atoms with Crippen LogP contribution in [0.1, 0.15) is 13.8 Å². The van der Waals surface area contributed by atoms with Crippen molar-refractivity contribution in [1.29, 1.82) is 0 Å². The Morgan fingerprint density at radius 1 is 1.21 bits per heavy atom. The minimum atomic E-state index is -3.76. The Morgan fingerprint density at radius 3 is 2.38 bits per heavy atom. The molecule has 0 aliphatic heterocycles. The number of anilines is 1. The molecule has 0 saturated heterocycles. The average Bonchev–Trinajstić information content (AvgIpc) is 2.55. The Morgan fingerprint density at radius 2 is 1.83 bits per heavy atom. The SMILES string of the molecule is CCN(CC)S(=O)(=O)c1cc(NC(=O)CNC(=O)CN)ccc1Cl. The highest BCUT2D eigenvalue weighted by atomic mass is 35.5. The fourth-order valence-corrected chi connectivity index (χ4v) is 3.90. The molecule has 134 valence electrons. The van der Waals surface area contributed by atoms with E-state index < -0.39 is 21.8 Å². The highest BCUT2D eigenvalue weighted by molar-refractivity contribution is 7.89. The van der Waals surface area contributed by atoms with E-state index in [0.717, 1.165) is 0 Å². The van der Waals surface area contributed by atoms with Crippen LogP contribution in [0.3, 0.4) is 0 Å². The summed E-state index contributed by atoms with van der Waals surface area (Å²) >= 11 is 6.01. The van der Waals surface area contributed by atoms with Crippen LogP contribution in [-0.4, -0.2) is 50.7 Å². The first kappa shape index (κ1) is 20.4. The highest BCUT2D eigenvalue weighted by Gasteiger charge is 2.24. The maximum Gasteiger partial charge on any atom is 0.244 e. The van der Waals surface area contributed by atoms with Crippen LogP contribution in [0.15, 0.2) is 23.1 Å². The number of carbonyl (C=O) groups is 2. The minimum Gasteiger partial charge on any atom is -0.346 e. The molecular formula is C14H21ClN4O4S. The summed E-state index contributed by atoms with van der Waals surface area (Å²) in [5, 5.41) is 4.88. The lowest BCUT2D eigenvalue weighted by molar-refractivity contribution is -0.123. The molecule has 0 bridgehead atoms. The molecule has 4 N–H and O–H groups in total. The maximum absolute atomic E-state index is 12.6. The van der Waals surface area contributed by atoms with Crippen molar-refractivity contribution in [3.8, 4) is 0 Å². The van der Waals surface area contributed by atoms with Gasteiger partial charge < -0.3 is 16.4 Å². The van der Waals surface area contributed by atoms with Gasteiger partial charge in [0.2, 0.25) is 21.8 Å². The standard InChI is InChI=1S/C14H21ClN4O4S/c1-3-19(4-2)24(22,23)12-7-10(5-6-11(12)15)18-14(21)9-17-13(20)8-16/h5-7H,3-4,8-9,16H2,1-2H3,(H,17,20)(H,18,21). The molecule has 0 heterocycles. The molecule has 0 aromatic heterocycles. The third-order valence-corrected chi connectivity index (χ3v) is 5.70. The summed E-state index contributed by atoms with van der Waals surface area (Å²) in [4.78, 5) is 22.7. The lowest BCUT2D eigenvalue weighted by Gasteiger charge is -2.19. The summed E-state index contributed by atoms with van der Waals surface area (Å²) in [7, 11) is -3.76. The molecular weight excluding hydrogens is 356 g/mol. The Bertz CT molecular complexity index is 705. The van der Waals surface area contributed by atoms with E-state index in [1.54, 1.807) is 13.8 Å². The molecule has 0 spiro atoms. The number of nitrogens with zero attached hydrogens (tertiary/aromatic N) is 1. The smallest absolute Gasteiger partial charge is 0.244 e. The van der Waals surface area contributed by atoms with Crippen LogP contribution in [0.4, 0.5) is 5.69 Å². The van der Waals surface area contributed by atoms with Crippen LogP contribution in [-0.2, 0) is 19.6 Å². The number of hydrogen-bond donors (Lipinski definition) is 3. The molecule has 0 unspecified atom stereocenters. The summed E-state index contributed by atoms with van der Waals surface area (Å²) < 4.78 is 26.4. The van der Waals surface area contributed by atoms with Crippen molar-refractivity contribution in [3.05, 3.63) is 23.2 Å². The number of nitrogens with two attached hydrogens (primary N) is 1. The topological polar surface area (TPSA) is 122 Å². The molecule has 2 amide bonds. The predicted molar refractivity (Wildman–Crippen MR) is 92.3 cm³/mol. The zero-order chi connectivity index (χ0) is 18.3. The zero-order valence-corrected chi connectivity index (χ0v) is 15.1. The number of hydrogen-bond acceptors (Lipinski definition) is 5. The summed E-state index contributed by atoms with van der Waals surface area (Å²) in [5.74, 6) is -0.976. The monoisotopic (exact) mass is 376 g/mol. The Hall–Kier alpha value is -1.68. The second-order valence-electron chi connectivity index (χ2n) is 4.76. The molecule has 0 saturated carbocycles. The Labute approximate surface area is 146 Å². The van der Waals surface area contributed by atoms with Crippen molar-refractivity contribution in [2.24, 2.45) is 5.73 Å². The molecule has 1 aromatic rings. The first-order valence-corrected chi connectivity index (χ1v) is 9.14. The van der Waals surface area contributed by atoms with Crippen molar-refractivity contribution in [3.63, 3.8) is 0 Å². The van der Waals surface area contributed by atoms with E-state index in [0.29, 0.717) is 13.1 Å². The number of nitrogens with one attached hydrogen (secondary N) is 2. The quantitative estimate of drug-likeness (QED) is 0.605. The molecule has 0 aliphatic carbocycles. The number of carbonyl (C=O) groups excluding carboxylic acids is 2. The lowest BCUT2D eigenvalue weighted by Crippen LogP contribution is -2.36. The Kier molecular flexibility index (Phi) is 7.61. The third kappa shape index (κ3) is 5.17. The molecule has 24 heavy (non-hydrogen) atoms. The largest absolute Gasteiger partial charge is 0.346 e. The molecule has 1 aromatic carbocycles. The van der Waals surface area contributed by atoms with Gasteiger partial charge in [0.25, 0.3) is 0 Å². The fraction of sp³-hybridized carbons (Fsp3) is 0.429. The average molecular weight is 377 g/mol. The number of halogens is 1. The summed E-state index contributed by atoms with van der Waals surface area (Å²) in [6.45, 7) is 3.56. The molecule has 0 aliphatic rings. The van der Waals surface area contributed by atoms with Crippen molar-refractivity contribution in [2.75, 3.05) is 31.5 Å². The second-order valence-corrected chi connectivity index (χ2v) is 7.08. The van der Waals surface area contributed by atoms with Gasteiger partial charge in [0.1, 0.15) is 4.90 Å². The van der Waals surface area contributed by atoms with E-state index in [1.165, 1.54) is 22.5 Å². The van der Waals surface area contributed by atoms with Crippen LogP contribution >= 0.6 is 11.6 Å². The normalized spacial score (nSPS) is 11.4. The van der Waals surface area contributed by atoms with E-state index in [-0.39, 0.29) is 28.7 Å². The van der Waals surface area contributed by atoms with Crippen LogP contribution < -0.4 is 16.4 Å². The van der Waals surface area contributed by atoms with Gasteiger partial charge in [0, 0.05) is 18.8 Å². The molecule has 10 heteroatoms. The van der Waals surface area contributed by atoms with Crippen molar-refractivity contribution < 1.29 is 18.0 Å². The van der Waals surface area contributed by atoms with Crippen LogP contribution in [0.2, 0.25) is 5.02 Å². The zero-order valence-electron chi connectivity index (χ0n) is 13.5. The van der Waals surface area contributed by atoms with E-state index in [4.69, 9.17) is 17.3 Å². The summed E-state index contributed by atoms with van der Waals surface area (Å²) in [6, 6.07) is 4.16.